The van der Waals surface area contributed by atoms with Crippen molar-refractivity contribution in [1.29, 1.82) is 0 Å². The van der Waals surface area contributed by atoms with Crippen LogP contribution in [-0.2, 0) is 12.7 Å². The van der Waals surface area contributed by atoms with E-state index in [-0.39, 0.29) is 5.92 Å². The molecule has 0 unspecified atom stereocenters. The van der Waals surface area contributed by atoms with Gasteiger partial charge in [-0.3, -0.25) is 0 Å². The fourth-order valence-corrected chi connectivity index (χ4v) is 4.29. The van der Waals surface area contributed by atoms with E-state index in [1.54, 1.807) is 36.3 Å². The molecule has 4 aromatic rings. The minimum atomic E-state index is -4.38. The monoisotopic (exact) mass is 480 g/mol. The average Bonchev–Trinajstić information content (AvgIpc) is 3.47. The predicted molar refractivity (Wildman–Crippen MR) is 124 cm³/mol. The van der Waals surface area contributed by atoms with Crippen LogP contribution >= 0.6 is 0 Å². The number of benzene rings is 1. The van der Waals surface area contributed by atoms with Crippen LogP contribution in [0, 0.1) is 6.92 Å². The van der Waals surface area contributed by atoms with Gasteiger partial charge in [0.1, 0.15) is 11.5 Å². The van der Waals surface area contributed by atoms with Crippen LogP contribution in [0.1, 0.15) is 52.9 Å². The van der Waals surface area contributed by atoms with E-state index in [0.717, 1.165) is 30.3 Å². The summed E-state index contributed by atoms with van der Waals surface area (Å²) in [6.45, 7) is 2.58. The number of aromatic nitrogens is 6. The summed E-state index contributed by atoms with van der Waals surface area (Å²) < 4.78 is 48.7. The Hall–Kier alpha value is -3.95. The van der Waals surface area contributed by atoms with E-state index in [4.69, 9.17) is 4.74 Å². The number of halogens is 3. The Bertz CT molecular complexity index is 1390. The fraction of sp³-hybridized carbons (Fsp3) is 0.280. The number of methoxy groups -OCH3 is 1. The topological polar surface area (TPSA) is 70.7 Å². The van der Waals surface area contributed by atoms with Crippen LogP contribution in [0.4, 0.5) is 13.2 Å². The standard InChI is InChI=1S/C25H23F3N6O/c1-16-14-33(15-29-16)21-10-8-19(30-24(21)35-2)9-11-22-31-23-20(7-4-12-34(23)32-22)17-5-3-6-18(13-17)25(26,27)28/h3,5-6,8-11,13-15,20H,4,7,12H2,1-2H3/t20-/m1/s1. The number of fused-ring (bicyclic) bond motifs is 1. The average molecular weight is 480 g/mol. The lowest BCUT2D eigenvalue weighted by Gasteiger charge is -2.23. The molecule has 0 spiro atoms. The minimum absolute atomic E-state index is 0.239. The number of rotatable bonds is 5. The molecule has 7 nitrogen and oxygen atoms in total. The largest absolute Gasteiger partial charge is 0.479 e. The molecule has 10 heteroatoms. The number of hydrogen-bond acceptors (Lipinski definition) is 5. The molecule has 0 radical (unpaired) electrons. The van der Waals surface area contributed by atoms with Gasteiger partial charge in [-0.05, 0) is 55.7 Å². The van der Waals surface area contributed by atoms with Crippen molar-refractivity contribution in [3.63, 3.8) is 0 Å². The van der Waals surface area contributed by atoms with Gasteiger partial charge in [-0.1, -0.05) is 18.2 Å². The van der Waals surface area contributed by atoms with E-state index in [1.807, 2.05) is 29.8 Å². The molecule has 0 aliphatic carbocycles. The third kappa shape index (κ3) is 4.68. The van der Waals surface area contributed by atoms with Gasteiger partial charge in [-0.25, -0.2) is 19.6 Å². The van der Waals surface area contributed by atoms with E-state index in [1.165, 1.54) is 12.1 Å². The number of aryl methyl sites for hydroxylation is 2. The van der Waals surface area contributed by atoms with Crippen LogP contribution in [0.25, 0.3) is 17.8 Å². The number of hydrogen-bond donors (Lipinski definition) is 0. The van der Waals surface area contributed by atoms with Crippen molar-refractivity contribution in [1.82, 2.24) is 29.3 Å². The van der Waals surface area contributed by atoms with Crippen molar-refractivity contribution in [3.05, 3.63) is 83.1 Å². The van der Waals surface area contributed by atoms with E-state index >= 15 is 0 Å². The predicted octanol–water partition coefficient (Wildman–Crippen LogP) is 5.29. The summed E-state index contributed by atoms with van der Waals surface area (Å²) in [7, 11) is 1.56. The van der Waals surface area contributed by atoms with Crippen LogP contribution in [0.2, 0.25) is 0 Å². The van der Waals surface area contributed by atoms with Crippen molar-refractivity contribution >= 4 is 12.2 Å². The van der Waals surface area contributed by atoms with Crippen molar-refractivity contribution in [2.24, 2.45) is 0 Å². The summed E-state index contributed by atoms with van der Waals surface area (Å²) in [6.07, 6.45) is 4.27. The molecule has 1 aliphatic heterocycles. The zero-order valence-corrected chi connectivity index (χ0v) is 19.2. The first-order valence-corrected chi connectivity index (χ1v) is 11.2. The zero-order chi connectivity index (χ0) is 24.6. The first kappa shape index (κ1) is 22.8. The van der Waals surface area contributed by atoms with Gasteiger partial charge < -0.3 is 9.30 Å². The van der Waals surface area contributed by atoms with E-state index in [9.17, 15) is 13.2 Å². The normalized spacial score (nSPS) is 16.0. The van der Waals surface area contributed by atoms with Crippen molar-refractivity contribution < 1.29 is 17.9 Å². The first-order valence-electron chi connectivity index (χ1n) is 11.2. The molecular weight excluding hydrogens is 457 g/mol. The third-order valence-electron chi connectivity index (χ3n) is 5.96. The van der Waals surface area contributed by atoms with Gasteiger partial charge in [-0.2, -0.15) is 18.3 Å². The number of imidazole rings is 1. The molecule has 0 fully saturated rings. The smallest absolute Gasteiger partial charge is 0.416 e. The Morgan fingerprint density at radius 2 is 1.97 bits per heavy atom. The van der Waals surface area contributed by atoms with E-state index in [2.05, 4.69) is 20.1 Å². The fourth-order valence-electron chi connectivity index (χ4n) is 4.29. The summed E-state index contributed by atoms with van der Waals surface area (Å²) in [5, 5.41) is 4.55. The highest BCUT2D eigenvalue weighted by molar-refractivity contribution is 5.65. The lowest BCUT2D eigenvalue weighted by molar-refractivity contribution is -0.137. The Kier molecular flexibility index (Phi) is 5.88. The molecule has 35 heavy (non-hydrogen) atoms. The molecule has 0 saturated carbocycles. The maximum absolute atomic E-state index is 13.2. The van der Waals surface area contributed by atoms with E-state index < -0.39 is 11.7 Å². The Labute approximate surface area is 199 Å². The summed E-state index contributed by atoms with van der Waals surface area (Å²) >= 11 is 0. The van der Waals surface area contributed by atoms with Gasteiger partial charge in [0, 0.05) is 18.7 Å². The Balaban J connectivity index is 1.41. The molecule has 0 N–H and O–H groups in total. The second-order valence-electron chi connectivity index (χ2n) is 8.39. The molecule has 0 bridgehead atoms. The second kappa shape index (κ2) is 9.01. The maximum atomic E-state index is 13.2. The molecule has 0 saturated heterocycles. The summed E-state index contributed by atoms with van der Waals surface area (Å²) in [6, 6.07) is 9.21. The minimum Gasteiger partial charge on any atom is -0.479 e. The second-order valence-corrected chi connectivity index (χ2v) is 8.39. The van der Waals surface area contributed by atoms with Crippen molar-refractivity contribution in [3.8, 4) is 11.6 Å². The van der Waals surface area contributed by atoms with Crippen molar-refractivity contribution in [2.45, 2.75) is 38.4 Å². The molecule has 5 rings (SSSR count). The lowest BCUT2D eigenvalue weighted by Crippen LogP contribution is -2.18. The molecule has 180 valence electrons. The molecule has 1 aliphatic rings. The molecule has 1 atom stereocenters. The van der Waals surface area contributed by atoms with Gasteiger partial charge >= 0.3 is 6.18 Å². The molecule has 4 heterocycles. The van der Waals surface area contributed by atoms with E-state index in [0.29, 0.717) is 35.3 Å². The highest BCUT2D eigenvalue weighted by Crippen LogP contribution is 2.36. The SMILES string of the molecule is COc1nc(C=Cc2nc3n(n2)CCC[C@@H]3c2cccc(C(F)(F)F)c2)ccc1-n1cnc(C)c1. The Morgan fingerprint density at radius 3 is 2.71 bits per heavy atom. The number of alkyl halides is 3. The van der Waals surface area contributed by atoms with Crippen LogP contribution in [0.5, 0.6) is 5.88 Å². The van der Waals surface area contributed by atoms with Gasteiger partial charge in [-0.15, -0.1) is 0 Å². The summed E-state index contributed by atoms with van der Waals surface area (Å²) in [5.41, 5.74) is 2.25. The maximum Gasteiger partial charge on any atom is 0.416 e. The third-order valence-corrected chi connectivity index (χ3v) is 5.96. The molecular formula is C25H23F3N6O. The van der Waals surface area contributed by atoms with Gasteiger partial charge in [0.15, 0.2) is 5.82 Å². The van der Waals surface area contributed by atoms with Gasteiger partial charge in [0.25, 0.3) is 0 Å². The molecule has 3 aromatic heterocycles. The first-order chi connectivity index (χ1) is 16.8. The van der Waals surface area contributed by atoms with Crippen LogP contribution < -0.4 is 4.74 Å². The molecule has 0 amide bonds. The summed E-state index contributed by atoms with van der Waals surface area (Å²) in [4.78, 5) is 13.4. The number of pyridine rings is 1. The molecule has 1 aromatic carbocycles. The van der Waals surface area contributed by atoms with Crippen LogP contribution in [0.15, 0.2) is 48.9 Å². The van der Waals surface area contributed by atoms with Crippen molar-refractivity contribution in [2.75, 3.05) is 7.11 Å². The highest BCUT2D eigenvalue weighted by atomic mass is 19.4. The van der Waals surface area contributed by atoms with Crippen LogP contribution in [-0.4, -0.2) is 36.4 Å². The number of nitrogens with zero attached hydrogens (tertiary/aromatic N) is 6. The zero-order valence-electron chi connectivity index (χ0n) is 19.2. The Morgan fingerprint density at radius 1 is 1.11 bits per heavy atom. The lowest BCUT2D eigenvalue weighted by atomic mass is 9.90. The number of ether oxygens (including phenoxy) is 1. The van der Waals surface area contributed by atoms with Crippen LogP contribution in [0.3, 0.4) is 0 Å². The van der Waals surface area contributed by atoms with Gasteiger partial charge in [0.2, 0.25) is 5.88 Å². The summed E-state index contributed by atoms with van der Waals surface area (Å²) in [5.74, 6) is 1.36. The quantitative estimate of drug-likeness (QED) is 0.388. The highest BCUT2D eigenvalue weighted by Gasteiger charge is 2.32. The van der Waals surface area contributed by atoms with Gasteiger partial charge in [0.05, 0.1) is 30.4 Å².